The van der Waals surface area contributed by atoms with Crippen LogP contribution in [0.5, 0.6) is 0 Å². The van der Waals surface area contributed by atoms with Gasteiger partial charge in [0.15, 0.2) is 5.78 Å². The van der Waals surface area contributed by atoms with E-state index in [2.05, 4.69) is 5.32 Å². The number of piperidine rings is 1. The average Bonchev–Trinajstić information content (AvgIpc) is 2.30. The maximum atomic E-state index is 14.7. The number of benzene rings is 1. The van der Waals surface area contributed by atoms with Crippen molar-refractivity contribution in [1.29, 1.82) is 0 Å². The number of Topliss-reactive ketones (excluding diaryl/α,β-unsaturated/α-hetero) is 1. The quantitative estimate of drug-likeness (QED) is 0.777. The minimum atomic E-state index is -1.39. The lowest BCUT2D eigenvalue weighted by atomic mass is 9.84. The van der Waals surface area contributed by atoms with Gasteiger partial charge in [0.2, 0.25) is 0 Å². The number of carbonyl (C=O) groups excluding carboxylic acids is 1. The van der Waals surface area contributed by atoms with Crippen LogP contribution in [0.1, 0.15) is 35.7 Å². The lowest BCUT2D eigenvalue weighted by Gasteiger charge is -2.31. The summed E-state index contributed by atoms with van der Waals surface area (Å²) in [5.41, 5.74) is -0.344. The summed E-state index contributed by atoms with van der Waals surface area (Å²) in [5, 5.41) is 3.05. The Hall–Kier alpha value is -1.22. The summed E-state index contributed by atoms with van der Waals surface area (Å²) in [6.45, 7) is 2.64. The van der Waals surface area contributed by atoms with Crippen LogP contribution in [-0.4, -0.2) is 18.9 Å². The van der Waals surface area contributed by atoms with Gasteiger partial charge >= 0.3 is 0 Å². The molecule has 1 aliphatic rings. The van der Waals surface area contributed by atoms with E-state index in [1.165, 1.54) is 6.92 Å². The van der Waals surface area contributed by atoms with Crippen LogP contribution in [0.4, 0.5) is 4.39 Å². The standard InChI is InChI=1S/C13H16FNO/c1-10(16)11-5-2-3-6-12(11)13(14)7-4-8-15-9-13/h2-3,5-6,15H,4,7-9H2,1H3. The third-order valence-electron chi connectivity index (χ3n) is 3.12. The van der Waals surface area contributed by atoms with E-state index in [4.69, 9.17) is 0 Å². The molecule has 0 amide bonds. The predicted molar refractivity (Wildman–Crippen MR) is 61.3 cm³/mol. The van der Waals surface area contributed by atoms with Crippen LogP contribution in [-0.2, 0) is 5.67 Å². The molecule has 0 saturated carbocycles. The minimum Gasteiger partial charge on any atom is -0.313 e. The van der Waals surface area contributed by atoms with Crippen molar-refractivity contribution in [2.24, 2.45) is 0 Å². The van der Waals surface area contributed by atoms with Gasteiger partial charge in [-0.1, -0.05) is 24.3 Å². The predicted octanol–water partition coefficient (Wildman–Crippen LogP) is 2.44. The summed E-state index contributed by atoms with van der Waals surface area (Å²) in [7, 11) is 0. The molecule has 1 heterocycles. The molecule has 1 saturated heterocycles. The molecule has 1 aliphatic heterocycles. The molecule has 0 aromatic heterocycles. The molecule has 2 rings (SSSR count). The summed E-state index contributed by atoms with van der Waals surface area (Å²) in [4.78, 5) is 11.5. The largest absolute Gasteiger partial charge is 0.313 e. The number of nitrogens with one attached hydrogen (secondary N) is 1. The number of halogens is 1. The Morgan fingerprint density at radius 2 is 2.19 bits per heavy atom. The van der Waals surface area contributed by atoms with Gasteiger partial charge in [-0.2, -0.15) is 0 Å². The van der Waals surface area contributed by atoms with Crippen molar-refractivity contribution in [3.05, 3.63) is 35.4 Å². The summed E-state index contributed by atoms with van der Waals surface area (Å²) < 4.78 is 14.7. The first-order valence-corrected chi connectivity index (χ1v) is 5.63. The van der Waals surface area contributed by atoms with E-state index in [0.29, 0.717) is 24.1 Å². The van der Waals surface area contributed by atoms with E-state index in [1.807, 2.05) is 0 Å². The molecule has 1 atom stereocenters. The number of alkyl halides is 1. The second kappa shape index (κ2) is 4.34. The van der Waals surface area contributed by atoms with E-state index in [9.17, 15) is 9.18 Å². The van der Waals surface area contributed by atoms with E-state index in [1.54, 1.807) is 24.3 Å². The van der Waals surface area contributed by atoms with Gasteiger partial charge in [0.1, 0.15) is 5.67 Å². The monoisotopic (exact) mass is 221 g/mol. The van der Waals surface area contributed by atoms with E-state index >= 15 is 0 Å². The van der Waals surface area contributed by atoms with Gasteiger partial charge in [-0.25, -0.2) is 4.39 Å². The SMILES string of the molecule is CC(=O)c1ccccc1C1(F)CCCNC1. The van der Waals surface area contributed by atoms with Gasteiger partial charge < -0.3 is 5.32 Å². The highest BCUT2D eigenvalue weighted by molar-refractivity contribution is 5.95. The Morgan fingerprint density at radius 1 is 1.44 bits per heavy atom. The number of ketones is 1. The Balaban J connectivity index is 2.42. The van der Waals surface area contributed by atoms with Crippen molar-refractivity contribution < 1.29 is 9.18 Å². The van der Waals surface area contributed by atoms with E-state index in [0.717, 1.165) is 13.0 Å². The molecule has 1 aromatic carbocycles. The molecule has 1 N–H and O–H groups in total. The van der Waals surface area contributed by atoms with Crippen LogP contribution in [0.3, 0.4) is 0 Å². The highest BCUT2D eigenvalue weighted by Crippen LogP contribution is 2.34. The smallest absolute Gasteiger partial charge is 0.160 e. The first-order chi connectivity index (χ1) is 7.63. The van der Waals surface area contributed by atoms with Crippen molar-refractivity contribution >= 4 is 5.78 Å². The molecule has 16 heavy (non-hydrogen) atoms. The number of rotatable bonds is 2. The molecule has 86 valence electrons. The Bertz CT molecular complexity index is 397. The van der Waals surface area contributed by atoms with E-state index in [-0.39, 0.29) is 5.78 Å². The molecule has 0 spiro atoms. The Kier molecular flexibility index (Phi) is 3.06. The molecule has 0 bridgehead atoms. The van der Waals surface area contributed by atoms with Gasteiger partial charge in [-0.3, -0.25) is 4.79 Å². The zero-order valence-electron chi connectivity index (χ0n) is 9.42. The molecule has 2 nitrogen and oxygen atoms in total. The summed E-state index contributed by atoms with van der Waals surface area (Å²) in [6.07, 6.45) is 1.30. The highest BCUT2D eigenvalue weighted by Gasteiger charge is 2.35. The first kappa shape index (κ1) is 11.3. The maximum absolute atomic E-state index is 14.7. The third kappa shape index (κ3) is 2.00. The number of hydrogen-bond donors (Lipinski definition) is 1. The van der Waals surface area contributed by atoms with Gasteiger partial charge in [-0.05, 0) is 26.3 Å². The number of hydrogen-bond acceptors (Lipinski definition) is 2. The third-order valence-corrected chi connectivity index (χ3v) is 3.12. The van der Waals surface area contributed by atoms with Crippen LogP contribution in [0.2, 0.25) is 0 Å². The van der Waals surface area contributed by atoms with Gasteiger partial charge in [-0.15, -0.1) is 0 Å². The van der Waals surface area contributed by atoms with Crippen LogP contribution in [0.25, 0.3) is 0 Å². The molecule has 1 fully saturated rings. The van der Waals surface area contributed by atoms with E-state index < -0.39 is 5.67 Å². The molecule has 3 heteroatoms. The Morgan fingerprint density at radius 3 is 2.81 bits per heavy atom. The maximum Gasteiger partial charge on any atom is 0.160 e. The molecular formula is C13H16FNO. The van der Waals surface area contributed by atoms with Crippen molar-refractivity contribution in [2.45, 2.75) is 25.4 Å². The molecular weight excluding hydrogens is 205 g/mol. The first-order valence-electron chi connectivity index (χ1n) is 5.63. The van der Waals surface area contributed by atoms with Crippen molar-refractivity contribution in [3.63, 3.8) is 0 Å². The van der Waals surface area contributed by atoms with Crippen molar-refractivity contribution in [2.75, 3.05) is 13.1 Å². The fraction of sp³-hybridized carbons (Fsp3) is 0.462. The average molecular weight is 221 g/mol. The van der Waals surface area contributed by atoms with Gasteiger partial charge in [0.05, 0.1) is 0 Å². The lowest BCUT2D eigenvalue weighted by molar-refractivity contribution is 0.0982. The van der Waals surface area contributed by atoms with Crippen LogP contribution in [0.15, 0.2) is 24.3 Å². The summed E-state index contributed by atoms with van der Waals surface area (Å²) in [6, 6.07) is 6.99. The highest BCUT2D eigenvalue weighted by atomic mass is 19.1. The molecule has 1 aromatic rings. The lowest BCUT2D eigenvalue weighted by Crippen LogP contribution is -2.40. The Labute approximate surface area is 94.9 Å². The van der Waals surface area contributed by atoms with Crippen LogP contribution >= 0.6 is 0 Å². The summed E-state index contributed by atoms with van der Waals surface area (Å²) in [5.74, 6) is -0.0711. The van der Waals surface area contributed by atoms with Crippen LogP contribution < -0.4 is 5.32 Å². The summed E-state index contributed by atoms with van der Waals surface area (Å²) >= 11 is 0. The molecule has 1 unspecified atom stereocenters. The fourth-order valence-electron chi connectivity index (χ4n) is 2.28. The van der Waals surface area contributed by atoms with Crippen molar-refractivity contribution in [3.8, 4) is 0 Å². The minimum absolute atomic E-state index is 0.0711. The molecule has 0 radical (unpaired) electrons. The topological polar surface area (TPSA) is 29.1 Å². The van der Waals surface area contributed by atoms with Gasteiger partial charge in [0.25, 0.3) is 0 Å². The van der Waals surface area contributed by atoms with Crippen LogP contribution in [0, 0.1) is 0 Å². The van der Waals surface area contributed by atoms with Gasteiger partial charge in [0, 0.05) is 17.7 Å². The zero-order chi connectivity index (χ0) is 11.6. The second-order valence-electron chi connectivity index (χ2n) is 4.35. The second-order valence-corrected chi connectivity index (χ2v) is 4.35. The zero-order valence-corrected chi connectivity index (χ0v) is 9.42. The fourth-order valence-corrected chi connectivity index (χ4v) is 2.28. The molecule has 0 aliphatic carbocycles. The normalized spacial score (nSPS) is 25.4. The number of carbonyl (C=O) groups is 1. The van der Waals surface area contributed by atoms with Crippen molar-refractivity contribution in [1.82, 2.24) is 5.32 Å².